The minimum absolute atomic E-state index is 0.0102. The van der Waals surface area contributed by atoms with E-state index in [0.29, 0.717) is 27.6 Å². The summed E-state index contributed by atoms with van der Waals surface area (Å²) in [4.78, 5) is 0. The lowest BCUT2D eigenvalue weighted by Gasteiger charge is -2.20. The first kappa shape index (κ1) is 16.4. The summed E-state index contributed by atoms with van der Waals surface area (Å²) >= 11 is 6.13. The van der Waals surface area contributed by atoms with Crippen molar-refractivity contribution in [3.8, 4) is 11.5 Å². The molecule has 0 saturated heterocycles. The average Bonchev–Trinajstić information content (AvgIpc) is 2.28. The lowest BCUT2D eigenvalue weighted by molar-refractivity contribution is 0.350. The summed E-state index contributed by atoms with van der Waals surface area (Å²) in [6, 6.07) is 1.53. The number of ether oxygens (including phenoxy) is 2. The highest BCUT2D eigenvalue weighted by atomic mass is 35.7. The first-order valence-electron chi connectivity index (χ1n) is 5.56. The summed E-state index contributed by atoms with van der Waals surface area (Å²) in [6.45, 7) is 3.83. The van der Waals surface area contributed by atoms with Crippen LogP contribution >= 0.6 is 22.3 Å². The predicted molar refractivity (Wildman–Crippen MR) is 77.1 cm³/mol. The van der Waals surface area contributed by atoms with Crippen molar-refractivity contribution >= 4 is 31.3 Å². The maximum atomic E-state index is 11.3. The molecule has 0 amide bonds. The van der Waals surface area contributed by atoms with Crippen LogP contribution in [0.3, 0.4) is 0 Å². The highest BCUT2D eigenvalue weighted by Gasteiger charge is 2.24. The topological polar surface area (TPSA) is 52.6 Å². The van der Waals surface area contributed by atoms with Crippen molar-refractivity contribution in [1.29, 1.82) is 0 Å². The van der Waals surface area contributed by atoms with Gasteiger partial charge in [0.25, 0.3) is 0 Å². The summed E-state index contributed by atoms with van der Waals surface area (Å²) in [7, 11) is 4.61. The zero-order valence-electron chi connectivity index (χ0n) is 11.2. The molecule has 0 bridgehead atoms. The van der Waals surface area contributed by atoms with Crippen LogP contribution in [0.1, 0.15) is 30.9 Å². The Morgan fingerprint density at radius 3 is 2.21 bits per heavy atom. The van der Waals surface area contributed by atoms with Crippen LogP contribution in [0.4, 0.5) is 0 Å². The quantitative estimate of drug-likeness (QED) is 0.776. The Morgan fingerprint density at radius 2 is 1.84 bits per heavy atom. The fourth-order valence-electron chi connectivity index (χ4n) is 1.96. The fraction of sp³-hybridized carbons (Fsp3) is 0.500. The number of benzene rings is 1. The van der Waals surface area contributed by atoms with Crippen molar-refractivity contribution in [3.63, 3.8) is 0 Å². The largest absolute Gasteiger partial charge is 0.493 e. The van der Waals surface area contributed by atoms with Gasteiger partial charge in [-0.1, -0.05) is 25.4 Å². The Kier molecular flexibility index (Phi) is 5.35. The van der Waals surface area contributed by atoms with Crippen LogP contribution in [0.15, 0.2) is 6.07 Å². The Hall–Kier alpha value is -0.650. The molecule has 0 N–H and O–H groups in total. The molecular weight excluding hydrogens is 311 g/mol. The number of rotatable bonds is 5. The van der Waals surface area contributed by atoms with Crippen LogP contribution in [-0.2, 0) is 14.8 Å². The fourth-order valence-corrected chi connectivity index (χ4v) is 3.29. The Balaban J connectivity index is 3.61. The molecule has 0 fully saturated rings. The molecule has 0 heterocycles. The number of methoxy groups -OCH3 is 2. The van der Waals surface area contributed by atoms with E-state index in [1.54, 1.807) is 0 Å². The van der Waals surface area contributed by atoms with Crippen LogP contribution in [0.5, 0.6) is 11.5 Å². The lowest BCUT2D eigenvalue weighted by Crippen LogP contribution is -2.06. The molecule has 108 valence electrons. The third-order valence-corrected chi connectivity index (χ3v) is 3.96. The van der Waals surface area contributed by atoms with Crippen LogP contribution in [0.25, 0.3) is 0 Å². The SMILES string of the molecule is COc1cc(Cl)c(CS(=O)(=O)Cl)c(C(C)C)c1OC. The summed E-state index contributed by atoms with van der Waals surface area (Å²) in [6.07, 6.45) is 0. The smallest absolute Gasteiger partial charge is 0.236 e. The van der Waals surface area contributed by atoms with Crippen molar-refractivity contribution in [1.82, 2.24) is 0 Å². The monoisotopic (exact) mass is 326 g/mol. The highest BCUT2D eigenvalue weighted by molar-refractivity contribution is 8.13. The molecule has 0 unspecified atom stereocenters. The van der Waals surface area contributed by atoms with Crippen LogP contribution in [0, 0.1) is 0 Å². The summed E-state index contributed by atoms with van der Waals surface area (Å²) < 4.78 is 33.2. The number of hydrogen-bond donors (Lipinski definition) is 0. The molecule has 7 heteroatoms. The normalized spacial score (nSPS) is 11.7. The summed E-state index contributed by atoms with van der Waals surface area (Å²) in [5, 5.41) is 0.297. The van der Waals surface area contributed by atoms with Crippen LogP contribution < -0.4 is 9.47 Å². The predicted octanol–water partition coefficient (Wildman–Crippen LogP) is 3.55. The molecule has 0 spiro atoms. The first-order valence-corrected chi connectivity index (χ1v) is 8.42. The number of halogens is 2. The zero-order chi connectivity index (χ0) is 14.8. The van der Waals surface area contributed by atoms with Gasteiger partial charge in [-0.15, -0.1) is 0 Å². The van der Waals surface area contributed by atoms with E-state index in [-0.39, 0.29) is 11.7 Å². The van der Waals surface area contributed by atoms with E-state index in [1.807, 2.05) is 13.8 Å². The van der Waals surface area contributed by atoms with Crippen molar-refractivity contribution in [2.75, 3.05) is 14.2 Å². The van der Waals surface area contributed by atoms with Gasteiger partial charge in [-0.05, 0) is 11.5 Å². The Labute approximate surface area is 123 Å². The molecule has 1 rings (SSSR count). The molecule has 0 aliphatic carbocycles. The van der Waals surface area contributed by atoms with Crippen molar-refractivity contribution in [3.05, 3.63) is 22.2 Å². The van der Waals surface area contributed by atoms with Gasteiger partial charge in [0.1, 0.15) is 0 Å². The zero-order valence-corrected chi connectivity index (χ0v) is 13.5. The van der Waals surface area contributed by atoms with E-state index in [9.17, 15) is 8.42 Å². The molecular formula is C12H16Cl2O4S. The van der Waals surface area contributed by atoms with Crippen LogP contribution in [-0.4, -0.2) is 22.6 Å². The maximum Gasteiger partial charge on any atom is 0.236 e. The molecule has 4 nitrogen and oxygen atoms in total. The second-order valence-corrected chi connectivity index (χ2v) is 7.51. The average molecular weight is 327 g/mol. The van der Waals surface area contributed by atoms with E-state index >= 15 is 0 Å². The molecule has 1 aromatic carbocycles. The third-order valence-electron chi connectivity index (χ3n) is 2.66. The molecule has 0 aliphatic heterocycles. The molecule has 0 aromatic heterocycles. The minimum Gasteiger partial charge on any atom is -0.493 e. The lowest BCUT2D eigenvalue weighted by atomic mass is 9.96. The second kappa shape index (κ2) is 6.20. The second-order valence-electron chi connectivity index (χ2n) is 4.32. The van der Waals surface area contributed by atoms with Gasteiger partial charge in [-0.25, -0.2) is 8.42 Å². The Morgan fingerprint density at radius 1 is 1.26 bits per heavy atom. The van der Waals surface area contributed by atoms with Crippen molar-refractivity contribution < 1.29 is 17.9 Å². The molecule has 0 aliphatic rings. The van der Waals surface area contributed by atoms with E-state index in [2.05, 4.69) is 0 Å². The first-order chi connectivity index (χ1) is 8.71. The standard InChI is InChI=1S/C12H16Cl2O4S/c1-7(2)11-8(6-19(14,15)16)9(13)5-10(17-3)12(11)18-4/h5,7H,6H2,1-4H3. The summed E-state index contributed by atoms with van der Waals surface area (Å²) in [5.74, 6) is 0.612. The minimum atomic E-state index is -3.71. The van der Waals surface area contributed by atoms with Crippen molar-refractivity contribution in [2.24, 2.45) is 0 Å². The van der Waals surface area contributed by atoms with Crippen LogP contribution in [0.2, 0.25) is 5.02 Å². The van der Waals surface area contributed by atoms with Gasteiger partial charge in [0.05, 0.1) is 20.0 Å². The van der Waals surface area contributed by atoms with Gasteiger partial charge in [0.2, 0.25) is 9.05 Å². The van der Waals surface area contributed by atoms with Gasteiger partial charge in [-0.2, -0.15) is 0 Å². The van der Waals surface area contributed by atoms with Crippen molar-refractivity contribution in [2.45, 2.75) is 25.5 Å². The van der Waals surface area contributed by atoms with Gasteiger partial charge in [0.15, 0.2) is 11.5 Å². The molecule has 0 atom stereocenters. The van der Waals surface area contributed by atoms with Gasteiger partial charge in [-0.3, -0.25) is 0 Å². The molecule has 1 aromatic rings. The van der Waals surface area contributed by atoms with E-state index in [4.69, 9.17) is 31.8 Å². The van der Waals surface area contributed by atoms with Gasteiger partial charge < -0.3 is 9.47 Å². The summed E-state index contributed by atoms with van der Waals surface area (Å²) in [5.41, 5.74) is 1.14. The van der Waals surface area contributed by atoms with Gasteiger partial charge >= 0.3 is 0 Å². The van der Waals surface area contributed by atoms with E-state index in [0.717, 1.165) is 0 Å². The Bertz CT molecular complexity index is 568. The molecule has 19 heavy (non-hydrogen) atoms. The van der Waals surface area contributed by atoms with E-state index in [1.165, 1.54) is 20.3 Å². The number of hydrogen-bond acceptors (Lipinski definition) is 4. The van der Waals surface area contributed by atoms with E-state index < -0.39 is 9.05 Å². The highest BCUT2D eigenvalue weighted by Crippen LogP contribution is 2.42. The van der Waals surface area contributed by atoms with Gasteiger partial charge in [0, 0.05) is 27.3 Å². The molecule has 0 radical (unpaired) electrons. The maximum absolute atomic E-state index is 11.3. The molecule has 0 saturated carbocycles. The third kappa shape index (κ3) is 3.91.